The van der Waals surface area contributed by atoms with Crippen molar-refractivity contribution in [1.82, 2.24) is 4.98 Å². The van der Waals surface area contributed by atoms with Crippen LogP contribution in [-0.4, -0.2) is 26.6 Å². The molecule has 3 heterocycles. The van der Waals surface area contributed by atoms with Gasteiger partial charge in [-0.05, 0) is 36.6 Å². The van der Waals surface area contributed by atoms with Crippen LogP contribution in [0.1, 0.15) is 17.7 Å². The second-order valence-electron chi connectivity index (χ2n) is 5.49. The van der Waals surface area contributed by atoms with Gasteiger partial charge < -0.3 is 4.74 Å². The van der Waals surface area contributed by atoms with Crippen molar-refractivity contribution in [2.24, 2.45) is 0 Å². The Labute approximate surface area is 129 Å². The average Bonchev–Trinajstić information content (AvgIpc) is 3.02. The van der Waals surface area contributed by atoms with Gasteiger partial charge in [-0.3, -0.25) is 9.29 Å². The number of rotatable bonds is 2. The predicted octanol–water partition coefficient (Wildman–Crippen LogP) is 2.16. The van der Waals surface area contributed by atoms with E-state index in [4.69, 9.17) is 4.74 Å². The second-order valence-corrected chi connectivity index (χ2v) is 7.32. The van der Waals surface area contributed by atoms with Gasteiger partial charge >= 0.3 is 0 Å². The predicted molar refractivity (Wildman–Crippen MR) is 82.7 cm³/mol. The molecule has 1 aromatic heterocycles. The normalized spacial score (nSPS) is 16.8. The highest BCUT2D eigenvalue weighted by Crippen LogP contribution is 2.37. The Morgan fingerprint density at radius 3 is 2.95 bits per heavy atom. The first-order valence-corrected chi connectivity index (χ1v) is 8.83. The molecule has 0 aliphatic carbocycles. The molecule has 0 unspecified atom stereocenters. The number of aromatic nitrogens is 1. The minimum absolute atomic E-state index is 0.263. The summed E-state index contributed by atoms with van der Waals surface area (Å²) in [5.74, 6) is 0.513. The van der Waals surface area contributed by atoms with Gasteiger partial charge in [0, 0.05) is 19.2 Å². The molecule has 2 aliphatic heterocycles. The molecule has 0 fully saturated rings. The van der Waals surface area contributed by atoms with E-state index in [1.807, 2.05) is 12.1 Å². The zero-order chi connectivity index (χ0) is 15.2. The minimum Gasteiger partial charge on any atom is -0.492 e. The molecular formula is C16H16N2O3S. The first kappa shape index (κ1) is 13.6. The standard InChI is InChI=1S/C16H16N2O3S/c19-22(20,15-7-1-4-12-8-11-21-16(12)15)18-10-3-5-13-14(18)6-2-9-17-13/h1-2,4,6-7,9H,3,5,8,10-11H2. The zero-order valence-corrected chi connectivity index (χ0v) is 12.8. The Morgan fingerprint density at radius 2 is 2.05 bits per heavy atom. The zero-order valence-electron chi connectivity index (χ0n) is 12.0. The third-order valence-electron chi connectivity index (χ3n) is 4.16. The van der Waals surface area contributed by atoms with E-state index in [1.165, 1.54) is 4.31 Å². The number of para-hydroxylation sites is 1. The molecule has 2 aliphatic rings. The van der Waals surface area contributed by atoms with Crippen LogP contribution in [-0.2, 0) is 22.9 Å². The molecule has 0 saturated carbocycles. The van der Waals surface area contributed by atoms with Crippen LogP contribution in [0.5, 0.6) is 5.75 Å². The molecule has 0 bridgehead atoms. The van der Waals surface area contributed by atoms with Crippen LogP contribution >= 0.6 is 0 Å². The van der Waals surface area contributed by atoms with Crippen molar-refractivity contribution in [3.63, 3.8) is 0 Å². The molecule has 5 nitrogen and oxygen atoms in total. The van der Waals surface area contributed by atoms with Crippen LogP contribution in [0, 0.1) is 0 Å². The number of ether oxygens (including phenoxy) is 1. The molecule has 0 atom stereocenters. The van der Waals surface area contributed by atoms with Crippen molar-refractivity contribution < 1.29 is 13.2 Å². The number of hydrogen-bond donors (Lipinski definition) is 0. The number of benzene rings is 1. The Bertz CT molecular complexity index is 833. The van der Waals surface area contributed by atoms with Crippen LogP contribution in [0.4, 0.5) is 5.69 Å². The lowest BCUT2D eigenvalue weighted by molar-refractivity contribution is 0.348. The largest absolute Gasteiger partial charge is 0.492 e. The molecule has 0 saturated heterocycles. The van der Waals surface area contributed by atoms with E-state index in [9.17, 15) is 8.42 Å². The first-order valence-electron chi connectivity index (χ1n) is 7.39. The maximum Gasteiger partial charge on any atom is 0.268 e. The van der Waals surface area contributed by atoms with Crippen molar-refractivity contribution in [3.05, 3.63) is 47.8 Å². The SMILES string of the molecule is O=S(=O)(c1cccc2c1OCC2)N1CCCc2ncccc21. The van der Waals surface area contributed by atoms with Crippen molar-refractivity contribution in [2.75, 3.05) is 17.5 Å². The summed E-state index contributed by atoms with van der Waals surface area (Å²) in [4.78, 5) is 4.57. The van der Waals surface area contributed by atoms with E-state index >= 15 is 0 Å². The summed E-state index contributed by atoms with van der Waals surface area (Å²) in [5.41, 5.74) is 2.49. The van der Waals surface area contributed by atoms with E-state index in [1.54, 1.807) is 24.4 Å². The number of nitrogens with zero attached hydrogens (tertiary/aromatic N) is 2. The number of sulfonamides is 1. The summed E-state index contributed by atoms with van der Waals surface area (Å²) in [6.45, 7) is 1.02. The highest BCUT2D eigenvalue weighted by molar-refractivity contribution is 7.93. The summed E-state index contributed by atoms with van der Waals surface area (Å²) < 4.78 is 33.3. The molecule has 0 N–H and O–H groups in total. The van der Waals surface area contributed by atoms with Gasteiger partial charge in [-0.2, -0.15) is 0 Å². The molecule has 0 amide bonds. The third kappa shape index (κ3) is 1.98. The summed E-state index contributed by atoms with van der Waals surface area (Å²) in [6, 6.07) is 8.94. The van der Waals surface area contributed by atoms with Gasteiger partial charge in [0.15, 0.2) is 0 Å². The summed E-state index contributed by atoms with van der Waals surface area (Å²) >= 11 is 0. The Balaban J connectivity index is 1.85. The Morgan fingerprint density at radius 1 is 1.14 bits per heavy atom. The van der Waals surface area contributed by atoms with E-state index < -0.39 is 10.0 Å². The number of hydrogen-bond acceptors (Lipinski definition) is 4. The fraction of sp³-hybridized carbons (Fsp3) is 0.312. The van der Waals surface area contributed by atoms with Crippen LogP contribution in [0.2, 0.25) is 0 Å². The number of anilines is 1. The number of aryl methyl sites for hydroxylation is 1. The Kier molecular flexibility index (Phi) is 3.07. The van der Waals surface area contributed by atoms with Gasteiger partial charge in [0.2, 0.25) is 0 Å². The minimum atomic E-state index is -3.63. The lowest BCUT2D eigenvalue weighted by Gasteiger charge is -2.30. The lowest BCUT2D eigenvalue weighted by Crippen LogP contribution is -2.36. The lowest BCUT2D eigenvalue weighted by atomic mass is 10.1. The molecule has 114 valence electrons. The molecule has 22 heavy (non-hydrogen) atoms. The molecule has 6 heteroatoms. The van der Waals surface area contributed by atoms with Crippen molar-refractivity contribution in [3.8, 4) is 5.75 Å². The first-order chi connectivity index (χ1) is 10.7. The van der Waals surface area contributed by atoms with Gasteiger partial charge in [-0.15, -0.1) is 0 Å². The maximum atomic E-state index is 13.1. The molecule has 4 rings (SSSR count). The van der Waals surface area contributed by atoms with Gasteiger partial charge in [0.1, 0.15) is 10.6 Å². The van der Waals surface area contributed by atoms with Gasteiger partial charge in [0.05, 0.1) is 18.0 Å². The van der Waals surface area contributed by atoms with E-state index in [0.29, 0.717) is 24.6 Å². The van der Waals surface area contributed by atoms with E-state index in [0.717, 1.165) is 30.5 Å². The van der Waals surface area contributed by atoms with Crippen molar-refractivity contribution >= 4 is 15.7 Å². The fourth-order valence-corrected chi connectivity index (χ4v) is 4.82. The third-order valence-corrected chi connectivity index (χ3v) is 5.99. The Hall–Kier alpha value is -2.08. The van der Waals surface area contributed by atoms with Gasteiger partial charge in [0.25, 0.3) is 10.0 Å². The van der Waals surface area contributed by atoms with Crippen molar-refractivity contribution in [2.45, 2.75) is 24.2 Å². The smallest absolute Gasteiger partial charge is 0.268 e. The fourth-order valence-electron chi connectivity index (χ4n) is 3.12. The van der Waals surface area contributed by atoms with E-state index in [-0.39, 0.29) is 4.90 Å². The monoisotopic (exact) mass is 316 g/mol. The van der Waals surface area contributed by atoms with Crippen molar-refractivity contribution in [1.29, 1.82) is 0 Å². The van der Waals surface area contributed by atoms with Crippen LogP contribution in [0.3, 0.4) is 0 Å². The van der Waals surface area contributed by atoms with Crippen LogP contribution < -0.4 is 9.04 Å². The molecule has 0 radical (unpaired) electrons. The molecule has 2 aromatic rings. The summed E-state index contributed by atoms with van der Waals surface area (Å²) in [6.07, 6.45) is 4.06. The molecular weight excluding hydrogens is 300 g/mol. The van der Waals surface area contributed by atoms with E-state index in [2.05, 4.69) is 4.98 Å². The highest BCUT2D eigenvalue weighted by Gasteiger charge is 2.33. The molecule has 1 aromatic carbocycles. The van der Waals surface area contributed by atoms with Crippen LogP contribution in [0.15, 0.2) is 41.4 Å². The number of pyridine rings is 1. The van der Waals surface area contributed by atoms with Crippen LogP contribution in [0.25, 0.3) is 0 Å². The number of fused-ring (bicyclic) bond motifs is 2. The topological polar surface area (TPSA) is 59.5 Å². The molecule has 0 spiro atoms. The second kappa shape index (κ2) is 4.98. The highest BCUT2D eigenvalue weighted by atomic mass is 32.2. The quantitative estimate of drug-likeness (QED) is 0.852. The van der Waals surface area contributed by atoms with Gasteiger partial charge in [-0.1, -0.05) is 12.1 Å². The average molecular weight is 316 g/mol. The maximum absolute atomic E-state index is 13.1. The van der Waals surface area contributed by atoms with Gasteiger partial charge in [-0.25, -0.2) is 8.42 Å². The summed E-state index contributed by atoms with van der Waals surface area (Å²) in [7, 11) is -3.63. The summed E-state index contributed by atoms with van der Waals surface area (Å²) in [5, 5.41) is 0.